The second kappa shape index (κ2) is 14.7. The highest BCUT2D eigenvalue weighted by atomic mass is 16.5. The lowest BCUT2D eigenvalue weighted by molar-refractivity contribution is -0.133. The van der Waals surface area contributed by atoms with Crippen LogP contribution in [0.3, 0.4) is 0 Å². The maximum atomic E-state index is 12.6. The number of nitrogens with one attached hydrogen (secondary N) is 3. The molecule has 0 bridgehead atoms. The van der Waals surface area contributed by atoms with Crippen LogP contribution < -0.4 is 25.7 Å². The molecular formula is C38H47N7O5. The van der Waals surface area contributed by atoms with Crippen LogP contribution in [-0.2, 0) is 23.2 Å². The number of hydrogen-bond donors (Lipinski definition) is 3. The number of aromatic amines is 1. The van der Waals surface area contributed by atoms with Gasteiger partial charge in [0, 0.05) is 49.4 Å². The molecule has 2 aromatic heterocycles. The number of carbonyl (C=O) groups is 2. The Morgan fingerprint density at radius 1 is 0.900 bits per heavy atom. The van der Waals surface area contributed by atoms with E-state index in [1.54, 1.807) is 32.0 Å². The third-order valence-electron chi connectivity index (χ3n) is 10.9. The molecule has 3 N–H and O–H groups in total. The van der Waals surface area contributed by atoms with Crippen molar-refractivity contribution in [3.05, 3.63) is 70.3 Å². The first-order chi connectivity index (χ1) is 24.3. The van der Waals surface area contributed by atoms with Gasteiger partial charge in [0.25, 0.3) is 5.56 Å². The van der Waals surface area contributed by atoms with Crippen molar-refractivity contribution in [3.63, 3.8) is 0 Å². The number of carbonyl (C=O) groups excluding carboxylic acids is 2. The van der Waals surface area contributed by atoms with E-state index in [0.29, 0.717) is 30.2 Å². The van der Waals surface area contributed by atoms with Gasteiger partial charge in [0.2, 0.25) is 11.8 Å². The van der Waals surface area contributed by atoms with Crippen molar-refractivity contribution in [3.8, 4) is 22.6 Å². The number of anilines is 1. The number of rotatable bonds is 10. The number of nitrogens with zero attached hydrogens (tertiary/aromatic N) is 4. The van der Waals surface area contributed by atoms with E-state index in [4.69, 9.17) is 9.47 Å². The highest BCUT2D eigenvalue weighted by Gasteiger charge is 2.28. The summed E-state index contributed by atoms with van der Waals surface area (Å²) in [5.74, 6) is 2.34. The topological polar surface area (TPSA) is 134 Å². The third kappa shape index (κ3) is 7.13. The molecule has 3 aliphatic rings. The summed E-state index contributed by atoms with van der Waals surface area (Å²) in [4.78, 5) is 41.3. The molecule has 4 aromatic rings. The molecule has 1 unspecified atom stereocenters. The summed E-state index contributed by atoms with van der Waals surface area (Å²) in [7, 11) is 5.14. The molecule has 1 atom stereocenters. The Labute approximate surface area is 292 Å². The standard InChI is InChI=1S/C38H47N7O5/c1-43-22-30(29-20-39-42-36(29)38(43)48)27-18-33(49-2)31(34(19-27)50-3)23-45-14-10-24(11-15-45)21-44-16-12-26(13-17-44)25-4-6-28(7-5-25)40-32-8-9-35(46)41-37(32)47/h4-7,18-20,22,24,26,32,40H,8-17,21,23H2,1-3H3,(H,39,42)(H,41,46,47). The van der Waals surface area contributed by atoms with Crippen LogP contribution in [0.25, 0.3) is 22.0 Å². The smallest absolute Gasteiger partial charge is 0.276 e. The minimum atomic E-state index is -0.361. The number of aromatic nitrogens is 3. The van der Waals surface area contributed by atoms with Gasteiger partial charge in [-0.05, 0) is 106 Å². The Morgan fingerprint density at radius 3 is 2.24 bits per heavy atom. The molecule has 2 amide bonds. The van der Waals surface area contributed by atoms with Crippen LogP contribution in [0, 0.1) is 5.92 Å². The molecule has 3 aliphatic heterocycles. The fraction of sp³-hybridized carbons (Fsp3) is 0.474. The lowest BCUT2D eigenvalue weighted by Crippen LogP contribution is -2.47. The lowest BCUT2D eigenvalue weighted by Gasteiger charge is -2.38. The molecule has 2 aromatic carbocycles. The molecule has 0 aliphatic carbocycles. The van der Waals surface area contributed by atoms with Gasteiger partial charge in [0.1, 0.15) is 23.1 Å². The van der Waals surface area contributed by atoms with Crippen LogP contribution >= 0.6 is 0 Å². The van der Waals surface area contributed by atoms with E-state index in [9.17, 15) is 14.4 Å². The zero-order valence-corrected chi connectivity index (χ0v) is 29.2. The molecule has 0 spiro atoms. The van der Waals surface area contributed by atoms with Gasteiger partial charge >= 0.3 is 0 Å². The van der Waals surface area contributed by atoms with Gasteiger partial charge in [-0.1, -0.05) is 12.1 Å². The zero-order chi connectivity index (χ0) is 34.8. The molecule has 264 valence electrons. The summed E-state index contributed by atoms with van der Waals surface area (Å²) in [5, 5.41) is 13.4. The molecule has 0 radical (unpaired) electrons. The molecule has 50 heavy (non-hydrogen) atoms. The monoisotopic (exact) mass is 681 g/mol. The quantitative estimate of drug-likeness (QED) is 0.210. The highest BCUT2D eigenvalue weighted by molar-refractivity contribution is 6.01. The fourth-order valence-corrected chi connectivity index (χ4v) is 7.93. The van der Waals surface area contributed by atoms with E-state index >= 15 is 0 Å². The number of imide groups is 1. The van der Waals surface area contributed by atoms with Crippen LogP contribution in [0.1, 0.15) is 55.6 Å². The number of benzene rings is 2. The largest absolute Gasteiger partial charge is 0.496 e. The maximum absolute atomic E-state index is 12.6. The van der Waals surface area contributed by atoms with Gasteiger partial charge in [0.05, 0.1) is 26.0 Å². The van der Waals surface area contributed by atoms with Crippen LogP contribution in [0.2, 0.25) is 0 Å². The summed E-state index contributed by atoms with van der Waals surface area (Å²) in [6.45, 7) is 6.20. The van der Waals surface area contributed by atoms with Gasteiger partial charge in [-0.15, -0.1) is 0 Å². The fourth-order valence-electron chi connectivity index (χ4n) is 7.93. The second-order valence-corrected chi connectivity index (χ2v) is 14.0. The molecule has 3 saturated heterocycles. The Kier molecular flexibility index (Phi) is 9.91. The molecule has 3 fully saturated rings. The first-order valence-electron chi connectivity index (χ1n) is 17.7. The maximum Gasteiger partial charge on any atom is 0.276 e. The Morgan fingerprint density at radius 2 is 1.58 bits per heavy atom. The van der Waals surface area contributed by atoms with Crippen LogP contribution in [0.15, 0.2) is 53.6 Å². The van der Waals surface area contributed by atoms with Gasteiger partial charge in [-0.3, -0.25) is 29.7 Å². The van der Waals surface area contributed by atoms with E-state index < -0.39 is 0 Å². The normalized spacial score (nSPS) is 19.9. The van der Waals surface area contributed by atoms with E-state index in [-0.39, 0.29) is 23.4 Å². The minimum Gasteiger partial charge on any atom is -0.496 e. The van der Waals surface area contributed by atoms with Crippen molar-refractivity contribution in [2.75, 3.05) is 52.3 Å². The average molecular weight is 682 g/mol. The van der Waals surface area contributed by atoms with Crippen molar-refractivity contribution in [1.82, 2.24) is 29.9 Å². The number of amides is 2. The third-order valence-corrected chi connectivity index (χ3v) is 10.9. The van der Waals surface area contributed by atoms with E-state index in [0.717, 1.165) is 91.4 Å². The second-order valence-electron chi connectivity index (χ2n) is 14.0. The SMILES string of the molecule is COc1cc(-c2cn(C)c(=O)c3[nH]ncc23)cc(OC)c1CN1CCC(CN2CCC(c3ccc(NC4CCC(=O)NC4=O)cc3)CC2)CC1. The molecule has 5 heterocycles. The van der Waals surface area contributed by atoms with E-state index in [2.05, 4.69) is 54.9 Å². The summed E-state index contributed by atoms with van der Waals surface area (Å²) in [6.07, 6.45) is 9.07. The average Bonchev–Trinajstić information content (AvgIpc) is 3.63. The van der Waals surface area contributed by atoms with Crippen molar-refractivity contribution in [2.45, 2.75) is 57.0 Å². The minimum absolute atomic E-state index is 0.116. The Hall–Kier alpha value is -4.68. The van der Waals surface area contributed by atoms with Crippen molar-refractivity contribution in [1.29, 1.82) is 0 Å². The van der Waals surface area contributed by atoms with Crippen LogP contribution in [-0.4, -0.2) is 89.4 Å². The van der Waals surface area contributed by atoms with Crippen molar-refractivity contribution >= 4 is 28.4 Å². The summed E-state index contributed by atoms with van der Waals surface area (Å²) < 4.78 is 13.4. The molecule has 12 nitrogen and oxygen atoms in total. The van der Waals surface area contributed by atoms with E-state index in [1.807, 2.05) is 18.3 Å². The molecule has 0 saturated carbocycles. The highest BCUT2D eigenvalue weighted by Crippen LogP contribution is 2.38. The van der Waals surface area contributed by atoms with Crippen molar-refractivity contribution in [2.24, 2.45) is 13.0 Å². The number of methoxy groups -OCH3 is 2. The van der Waals surface area contributed by atoms with E-state index in [1.165, 1.54) is 18.4 Å². The van der Waals surface area contributed by atoms with Crippen molar-refractivity contribution < 1.29 is 19.1 Å². The summed E-state index contributed by atoms with van der Waals surface area (Å²) >= 11 is 0. The number of ether oxygens (including phenoxy) is 2. The predicted octanol–water partition coefficient (Wildman–Crippen LogP) is 4.25. The van der Waals surface area contributed by atoms with Gasteiger partial charge in [-0.2, -0.15) is 5.10 Å². The first kappa shape index (κ1) is 33.8. The van der Waals surface area contributed by atoms with Gasteiger partial charge in [0.15, 0.2) is 0 Å². The predicted molar refractivity (Wildman–Crippen MR) is 193 cm³/mol. The zero-order valence-electron chi connectivity index (χ0n) is 29.2. The number of aryl methyl sites for hydroxylation is 1. The van der Waals surface area contributed by atoms with Crippen LogP contribution in [0.5, 0.6) is 11.5 Å². The lowest BCUT2D eigenvalue weighted by atomic mass is 9.88. The number of piperidine rings is 3. The van der Waals surface area contributed by atoms with Gasteiger partial charge in [-0.25, -0.2) is 0 Å². The molecule has 12 heteroatoms. The number of hydrogen-bond acceptors (Lipinski definition) is 9. The Balaban J connectivity index is 0.906. The number of likely N-dealkylation sites (tertiary alicyclic amines) is 2. The van der Waals surface area contributed by atoms with Gasteiger partial charge < -0.3 is 24.3 Å². The summed E-state index contributed by atoms with van der Waals surface area (Å²) in [5.41, 5.74) is 5.47. The first-order valence-corrected chi connectivity index (χ1v) is 17.7. The number of H-pyrrole nitrogens is 1. The molecular weight excluding hydrogens is 634 g/mol. The Bertz CT molecular complexity index is 1880. The summed E-state index contributed by atoms with van der Waals surface area (Å²) in [6, 6.07) is 12.2. The number of pyridine rings is 1. The van der Waals surface area contributed by atoms with Crippen LogP contribution in [0.4, 0.5) is 5.69 Å². The molecule has 7 rings (SSSR count). The number of fused-ring (bicyclic) bond motifs is 1.